The van der Waals surface area contributed by atoms with Crippen molar-refractivity contribution in [3.05, 3.63) is 64.9 Å². The molecule has 3 rings (SSSR count). The fourth-order valence-electron chi connectivity index (χ4n) is 2.82. The molecule has 1 aromatic heterocycles. The number of esters is 1. The van der Waals surface area contributed by atoms with Gasteiger partial charge in [0.1, 0.15) is 18.5 Å². The molecule has 0 radical (unpaired) electrons. The van der Waals surface area contributed by atoms with E-state index < -0.39 is 12.0 Å². The first kappa shape index (κ1) is 19.4. The zero-order valence-electron chi connectivity index (χ0n) is 14.9. The molecular formula is C20H23ClN4O2. The van der Waals surface area contributed by atoms with Gasteiger partial charge in [-0.25, -0.2) is 4.98 Å². The highest BCUT2D eigenvalue weighted by Crippen LogP contribution is 2.21. The number of nitrogens with two attached hydrogens (primary N) is 2. The van der Waals surface area contributed by atoms with Crippen LogP contribution in [0.1, 0.15) is 36.7 Å². The second-order valence-electron chi connectivity index (χ2n) is 6.52. The van der Waals surface area contributed by atoms with Crippen LogP contribution in [0.15, 0.2) is 48.5 Å². The molecule has 0 aliphatic rings. The molecule has 0 bridgehead atoms. The topological polar surface area (TPSA) is 107 Å². The van der Waals surface area contributed by atoms with Gasteiger partial charge in [-0.1, -0.05) is 41.9 Å². The van der Waals surface area contributed by atoms with Crippen molar-refractivity contribution in [3.63, 3.8) is 0 Å². The summed E-state index contributed by atoms with van der Waals surface area (Å²) in [7, 11) is 0. The Hall–Kier alpha value is -2.41. The molecular weight excluding hydrogens is 364 g/mol. The van der Waals surface area contributed by atoms with Crippen LogP contribution in [0.5, 0.6) is 0 Å². The van der Waals surface area contributed by atoms with Crippen LogP contribution in [0.2, 0.25) is 5.02 Å². The minimum absolute atomic E-state index is 0.231. The van der Waals surface area contributed by atoms with Crippen molar-refractivity contribution in [2.24, 2.45) is 11.5 Å². The highest BCUT2D eigenvalue weighted by Gasteiger charge is 2.17. The van der Waals surface area contributed by atoms with Crippen LogP contribution >= 0.6 is 11.6 Å². The summed E-state index contributed by atoms with van der Waals surface area (Å²) in [5, 5.41) is 0.633. The summed E-state index contributed by atoms with van der Waals surface area (Å²) in [5.74, 6) is 0.304. The van der Waals surface area contributed by atoms with Crippen molar-refractivity contribution in [2.75, 3.05) is 0 Å². The lowest BCUT2D eigenvalue weighted by Crippen LogP contribution is -2.32. The molecule has 27 heavy (non-hydrogen) atoms. The number of hydrogen-bond donors (Lipinski definition) is 3. The number of carbonyl (C=O) groups is 1. The van der Waals surface area contributed by atoms with Gasteiger partial charge in [-0.15, -0.1) is 0 Å². The van der Waals surface area contributed by atoms with E-state index in [1.54, 1.807) is 12.1 Å². The van der Waals surface area contributed by atoms with Gasteiger partial charge in [0.05, 0.1) is 17.1 Å². The van der Waals surface area contributed by atoms with Crippen LogP contribution in [0.3, 0.4) is 0 Å². The Morgan fingerprint density at radius 1 is 1.15 bits per heavy atom. The molecule has 0 aliphatic carbocycles. The molecule has 142 valence electrons. The number of ether oxygens (including phenoxy) is 1. The maximum absolute atomic E-state index is 12.0. The molecule has 0 amide bonds. The number of halogens is 1. The number of fused-ring (bicyclic) bond motifs is 1. The van der Waals surface area contributed by atoms with Crippen LogP contribution in [0.25, 0.3) is 11.0 Å². The van der Waals surface area contributed by atoms with Gasteiger partial charge >= 0.3 is 5.97 Å². The monoisotopic (exact) mass is 386 g/mol. The van der Waals surface area contributed by atoms with Gasteiger partial charge in [0.15, 0.2) is 0 Å². The number of hydrogen-bond acceptors (Lipinski definition) is 5. The van der Waals surface area contributed by atoms with E-state index in [9.17, 15) is 4.79 Å². The molecule has 2 unspecified atom stereocenters. The number of nitrogens with zero attached hydrogens (tertiary/aromatic N) is 1. The third-order valence-electron chi connectivity index (χ3n) is 4.37. The maximum Gasteiger partial charge on any atom is 0.323 e. The van der Waals surface area contributed by atoms with E-state index in [1.165, 1.54) is 0 Å². The standard InChI is InChI=1S/C20H23ClN4O2/c21-14-9-10-17-18(11-14)25-19(24-17)15(22)7-4-8-16(23)20(26)27-12-13-5-2-1-3-6-13/h1-3,5-6,9-11,15-16H,4,7-8,12,22-23H2,(H,24,25). The molecule has 0 aliphatic heterocycles. The molecule has 5 N–H and O–H groups in total. The van der Waals surface area contributed by atoms with Gasteiger partial charge in [-0.3, -0.25) is 4.79 Å². The van der Waals surface area contributed by atoms with Crippen LogP contribution in [0, 0.1) is 0 Å². The van der Waals surface area contributed by atoms with Crippen LogP contribution in [-0.2, 0) is 16.1 Å². The van der Waals surface area contributed by atoms with Crippen LogP contribution in [0.4, 0.5) is 0 Å². The zero-order valence-corrected chi connectivity index (χ0v) is 15.7. The highest BCUT2D eigenvalue weighted by atomic mass is 35.5. The lowest BCUT2D eigenvalue weighted by molar-refractivity contribution is -0.146. The summed E-state index contributed by atoms with van der Waals surface area (Å²) < 4.78 is 5.26. The number of aromatic nitrogens is 2. The van der Waals surface area contributed by atoms with E-state index >= 15 is 0 Å². The van der Waals surface area contributed by atoms with Crippen LogP contribution < -0.4 is 11.5 Å². The van der Waals surface area contributed by atoms with Crippen molar-refractivity contribution in [3.8, 4) is 0 Å². The molecule has 6 nitrogen and oxygen atoms in total. The number of aromatic amines is 1. The Bertz CT molecular complexity index is 897. The predicted molar refractivity (Wildman–Crippen MR) is 106 cm³/mol. The summed E-state index contributed by atoms with van der Waals surface area (Å²) in [4.78, 5) is 19.7. The van der Waals surface area contributed by atoms with E-state index in [0.29, 0.717) is 30.1 Å². The predicted octanol–water partition coefficient (Wildman–Crippen LogP) is 3.46. The second kappa shape index (κ2) is 8.99. The molecule has 3 aromatic rings. The van der Waals surface area contributed by atoms with Crippen molar-refractivity contribution in [2.45, 2.75) is 38.0 Å². The van der Waals surface area contributed by atoms with E-state index in [0.717, 1.165) is 16.6 Å². The first-order valence-electron chi connectivity index (χ1n) is 8.90. The van der Waals surface area contributed by atoms with Gasteiger partial charge in [0, 0.05) is 5.02 Å². The molecule has 7 heteroatoms. The van der Waals surface area contributed by atoms with Gasteiger partial charge < -0.3 is 21.2 Å². The average molecular weight is 387 g/mol. The minimum Gasteiger partial charge on any atom is -0.460 e. The Morgan fingerprint density at radius 2 is 1.93 bits per heavy atom. The lowest BCUT2D eigenvalue weighted by atomic mass is 10.1. The summed E-state index contributed by atoms with van der Waals surface area (Å²) in [6.45, 7) is 0.231. The van der Waals surface area contributed by atoms with E-state index in [-0.39, 0.29) is 12.6 Å². The largest absolute Gasteiger partial charge is 0.460 e. The number of rotatable bonds is 8. The van der Waals surface area contributed by atoms with Gasteiger partial charge in [-0.2, -0.15) is 0 Å². The van der Waals surface area contributed by atoms with Crippen molar-refractivity contribution in [1.29, 1.82) is 0 Å². The quantitative estimate of drug-likeness (QED) is 0.514. The van der Waals surface area contributed by atoms with E-state index in [4.69, 9.17) is 27.8 Å². The first-order chi connectivity index (χ1) is 13.0. The van der Waals surface area contributed by atoms with Gasteiger partial charge in [0.25, 0.3) is 0 Å². The van der Waals surface area contributed by atoms with Crippen molar-refractivity contribution in [1.82, 2.24) is 9.97 Å². The molecule has 2 aromatic carbocycles. The Morgan fingerprint density at radius 3 is 2.70 bits per heavy atom. The average Bonchev–Trinajstić information content (AvgIpc) is 3.10. The molecule has 0 saturated carbocycles. The van der Waals surface area contributed by atoms with Crippen molar-refractivity contribution >= 4 is 28.6 Å². The Balaban J connectivity index is 1.44. The highest BCUT2D eigenvalue weighted by molar-refractivity contribution is 6.31. The van der Waals surface area contributed by atoms with E-state index in [1.807, 2.05) is 36.4 Å². The number of H-pyrrole nitrogens is 1. The fraction of sp³-hybridized carbons (Fsp3) is 0.300. The maximum atomic E-state index is 12.0. The van der Waals surface area contributed by atoms with Gasteiger partial charge in [-0.05, 0) is 43.0 Å². The van der Waals surface area contributed by atoms with Crippen molar-refractivity contribution < 1.29 is 9.53 Å². The summed E-state index contributed by atoms with van der Waals surface area (Å²) in [5.41, 5.74) is 14.8. The lowest BCUT2D eigenvalue weighted by Gasteiger charge is -2.13. The summed E-state index contributed by atoms with van der Waals surface area (Å²) in [6, 6.07) is 14.1. The smallest absolute Gasteiger partial charge is 0.323 e. The minimum atomic E-state index is -0.657. The first-order valence-corrected chi connectivity index (χ1v) is 9.27. The Kier molecular flexibility index (Phi) is 6.45. The second-order valence-corrected chi connectivity index (χ2v) is 6.96. The normalized spacial score (nSPS) is 13.4. The molecule has 2 atom stereocenters. The van der Waals surface area contributed by atoms with E-state index in [2.05, 4.69) is 9.97 Å². The molecule has 0 spiro atoms. The molecule has 0 saturated heterocycles. The number of benzene rings is 2. The summed E-state index contributed by atoms with van der Waals surface area (Å²) >= 11 is 5.98. The summed E-state index contributed by atoms with van der Waals surface area (Å²) in [6.07, 6.45) is 1.86. The molecule has 0 fully saturated rings. The SMILES string of the molecule is NC(CCCC(N)c1nc2cc(Cl)ccc2[nH]1)C(=O)OCc1ccccc1. The number of carbonyl (C=O) groups excluding carboxylic acids is 1. The zero-order chi connectivity index (χ0) is 19.2. The molecule has 1 heterocycles. The fourth-order valence-corrected chi connectivity index (χ4v) is 2.99. The number of imidazole rings is 1. The number of nitrogens with one attached hydrogen (secondary N) is 1. The van der Waals surface area contributed by atoms with Crippen LogP contribution in [-0.4, -0.2) is 22.0 Å². The third kappa shape index (κ3) is 5.29. The van der Waals surface area contributed by atoms with Gasteiger partial charge in [0.2, 0.25) is 0 Å². The third-order valence-corrected chi connectivity index (χ3v) is 4.61. The Labute approximate surface area is 162 Å².